The van der Waals surface area contributed by atoms with Gasteiger partial charge >= 0.3 is 6.09 Å². The lowest BCUT2D eigenvalue weighted by Gasteiger charge is -2.57. The van der Waals surface area contributed by atoms with Gasteiger partial charge in [0.2, 0.25) is 0 Å². The van der Waals surface area contributed by atoms with Crippen LogP contribution in [0.15, 0.2) is 24.3 Å². The van der Waals surface area contributed by atoms with Gasteiger partial charge in [-0.1, -0.05) is 0 Å². The van der Waals surface area contributed by atoms with E-state index < -0.39 is 28.4 Å². The smallest absolute Gasteiger partial charge is 0.414 e. The highest BCUT2D eigenvalue weighted by atomic mass is 16.6. The van der Waals surface area contributed by atoms with Gasteiger partial charge in [0.25, 0.3) is 5.91 Å². The van der Waals surface area contributed by atoms with Gasteiger partial charge in [-0.05, 0) is 79.7 Å². The van der Waals surface area contributed by atoms with Gasteiger partial charge in [-0.3, -0.25) is 9.69 Å². The molecule has 160 valence electrons. The minimum Gasteiger partial charge on any atom is -0.442 e. The van der Waals surface area contributed by atoms with E-state index in [0.29, 0.717) is 12.2 Å². The molecule has 29 heavy (non-hydrogen) atoms. The van der Waals surface area contributed by atoms with Crippen molar-refractivity contribution in [3.05, 3.63) is 24.3 Å². The Balaban J connectivity index is 1.92. The number of morpholine rings is 1. The van der Waals surface area contributed by atoms with Crippen LogP contribution in [-0.4, -0.2) is 46.9 Å². The van der Waals surface area contributed by atoms with Crippen molar-refractivity contribution in [2.24, 2.45) is 5.73 Å². The Morgan fingerprint density at radius 2 is 1.52 bits per heavy atom. The monoisotopic (exact) mass is 403 g/mol. The molecule has 0 spiro atoms. The molecular weight excluding hydrogens is 370 g/mol. The van der Waals surface area contributed by atoms with Crippen LogP contribution in [0.25, 0.3) is 0 Å². The number of cyclic esters (lactones) is 1. The minimum absolute atomic E-state index is 0.0971. The van der Waals surface area contributed by atoms with Gasteiger partial charge in [0.05, 0.1) is 17.7 Å². The molecular formula is C22H33N3O4. The molecule has 0 radical (unpaired) electrons. The molecule has 2 aliphatic rings. The summed E-state index contributed by atoms with van der Waals surface area (Å²) in [5.41, 5.74) is 4.90. The molecule has 2 N–H and O–H groups in total. The Morgan fingerprint density at radius 3 is 2.00 bits per heavy atom. The van der Waals surface area contributed by atoms with E-state index >= 15 is 0 Å². The van der Waals surface area contributed by atoms with E-state index in [-0.39, 0.29) is 12.0 Å². The molecule has 1 aromatic rings. The first kappa shape index (κ1) is 21.6. The fraction of sp³-hybridized carbons (Fsp3) is 0.636. The highest BCUT2D eigenvalue weighted by Gasteiger charge is 2.56. The zero-order valence-electron chi connectivity index (χ0n) is 18.7. The van der Waals surface area contributed by atoms with Crippen LogP contribution in [0.2, 0.25) is 0 Å². The van der Waals surface area contributed by atoms with Crippen LogP contribution in [0.1, 0.15) is 55.4 Å². The van der Waals surface area contributed by atoms with Crippen molar-refractivity contribution in [2.75, 3.05) is 16.3 Å². The quantitative estimate of drug-likeness (QED) is 0.835. The van der Waals surface area contributed by atoms with Gasteiger partial charge in [0, 0.05) is 16.9 Å². The van der Waals surface area contributed by atoms with Crippen molar-refractivity contribution < 1.29 is 19.1 Å². The summed E-state index contributed by atoms with van der Waals surface area (Å²) < 4.78 is 11.6. The maximum Gasteiger partial charge on any atom is 0.414 e. The second kappa shape index (κ2) is 6.44. The zero-order chi connectivity index (χ0) is 22.0. The Kier molecular flexibility index (Phi) is 4.79. The van der Waals surface area contributed by atoms with Gasteiger partial charge in [-0.25, -0.2) is 4.79 Å². The summed E-state index contributed by atoms with van der Waals surface area (Å²) in [6, 6.07) is 7.39. The van der Waals surface area contributed by atoms with E-state index in [1.807, 2.05) is 65.8 Å². The lowest BCUT2D eigenvalue weighted by atomic mass is 9.79. The number of carbonyl (C=O) groups is 2. The van der Waals surface area contributed by atoms with E-state index in [9.17, 15) is 9.59 Å². The number of rotatable bonds is 3. The van der Waals surface area contributed by atoms with Crippen molar-refractivity contribution in [2.45, 2.75) is 83.8 Å². The third-order valence-corrected chi connectivity index (χ3v) is 6.32. The first-order valence-electron chi connectivity index (χ1n) is 10.00. The molecule has 1 atom stereocenters. The summed E-state index contributed by atoms with van der Waals surface area (Å²) in [5.74, 6) is -0.0971. The normalized spacial score (nSPS) is 25.9. The first-order chi connectivity index (χ1) is 13.1. The van der Waals surface area contributed by atoms with Crippen LogP contribution in [0.4, 0.5) is 16.2 Å². The van der Waals surface area contributed by atoms with E-state index in [2.05, 4.69) is 0 Å². The largest absolute Gasteiger partial charge is 0.442 e. The summed E-state index contributed by atoms with van der Waals surface area (Å²) in [7, 11) is 0. The molecule has 2 saturated heterocycles. The molecule has 2 aliphatic heterocycles. The van der Waals surface area contributed by atoms with Crippen LogP contribution in [0.5, 0.6) is 0 Å². The number of nitrogens with zero attached hydrogens (tertiary/aromatic N) is 2. The van der Waals surface area contributed by atoms with Crippen molar-refractivity contribution in [1.29, 1.82) is 0 Å². The Labute approximate surface area is 173 Å². The van der Waals surface area contributed by atoms with E-state index in [1.165, 1.54) is 0 Å². The Morgan fingerprint density at radius 1 is 1.00 bits per heavy atom. The van der Waals surface area contributed by atoms with E-state index in [1.54, 1.807) is 23.6 Å². The molecule has 1 aromatic carbocycles. The second-order valence-corrected chi connectivity index (χ2v) is 10.1. The van der Waals surface area contributed by atoms with Crippen LogP contribution in [-0.2, 0) is 14.3 Å². The molecule has 2 heterocycles. The van der Waals surface area contributed by atoms with Gasteiger partial charge < -0.3 is 20.1 Å². The summed E-state index contributed by atoms with van der Waals surface area (Å²) in [6.45, 7) is 15.7. The van der Waals surface area contributed by atoms with Gasteiger partial charge in [0.15, 0.2) is 0 Å². The fourth-order valence-corrected chi connectivity index (χ4v) is 3.88. The van der Waals surface area contributed by atoms with Crippen LogP contribution >= 0.6 is 0 Å². The number of carbonyl (C=O) groups excluding carboxylic acids is 2. The number of hydrogen-bond donors (Lipinski definition) is 1. The molecule has 2 fully saturated rings. The molecule has 0 aromatic heterocycles. The predicted molar refractivity (Wildman–Crippen MR) is 113 cm³/mol. The maximum absolute atomic E-state index is 13.2. The molecule has 0 unspecified atom stereocenters. The fourth-order valence-electron chi connectivity index (χ4n) is 3.88. The lowest BCUT2D eigenvalue weighted by Crippen LogP contribution is -2.72. The molecule has 7 nitrogen and oxygen atoms in total. The average Bonchev–Trinajstić information content (AvgIpc) is 2.95. The SMILES string of the molecule is CC1(C)OC(C)(C)C(C)(C)N(c2ccc(N3C[C@H](C(C)(C)N)OC3=O)cc2)C1=O. The summed E-state index contributed by atoms with van der Waals surface area (Å²) >= 11 is 0. The van der Waals surface area contributed by atoms with Crippen LogP contribution in [0.3, 0.4) is 0 Å². The summed E-state index contributed by atoms with van der Waals surface area (Å²) in [5, 5.41) is 0. The lowest BCUT2D eigenvalue weighted by molar-refractivity contribution is -0.191. The molecule has 0 aliphatic carbocycles. The van der Waals surface area contributed by atoms with Gasteiger partial charge in [-0.2, -0.15) is 0 Å². The number of benzene rings is 1. The molecule has 0 saturated carbocycles. The van der Waals surface area contributed by atoms with E-state index in [0.717, 1.165) is 5.69 Å². The third kappa shape index (κ3) is 3.51. The molecule has 2 amide bonds. The van der Waals surface area contributed by atoms with Gasteiger partial charge in [0.1, 0.15) is 11.7 Å². The maximum atomic E-state index is 13.2. The third-order valence-electron chi connectivity index (χ3n) is 6.32. The van der Waals surface area contributed by atoms with Gasteiger partial charge in [-0.15, -0.1) is 0 Å². The standard InChI is InChI=1S/C22H33N3O4/c1-19(2,23)16-13-24(18(27)28-16)14-9-11-15(12-10-14)25-17(26)20(3,4)29-22(7,8)21(25,5)6/h9-12,16H,13,23H2,1-8H3/t16-/m1/s1. The first-order valence-corrected chi connectivity index (χ1v) is 10.00. The minimum atomic E-state index is -0.934. The predicted octanol–water partition coefficient (Wildman–Crippen LogP) is 3.45. The summed E-state index contributed by atoms with van der Waals surface area (Å²) in [4.78, 5) is 28.9. The molecule has 0 bridgehead atoms. The number of anilines is 2. The second-order valence-electron chi connectivity index (χ2n) is 10.1. The number of hydrogen-bond acceptors (Lipinski definition) is 5. The van der Waals surface area contributed by atoms with Crippen molar-refractivity contribution in [3.63, 3.8) is 0 Å². The topological polar surface area (TPSA) is 85.1 Å². The average molecular weight is 404 g/mol. The molecule has 7 heteroatoms. The van der Waals surface area contributed by atoms with Crippen molar-refractivity contribution >= 4 is 23.4 Å². The summed E-state index contributed by atoms with van der Waals surface area (Å²) in [6.07, 6.45) is -0.789. The Bertz CT molecular complexity index is 821. The molecule has 3 rings (SSSR count). The van der Waals surface area contributed by atoms with Crippen molar-refractivity contribution in [3.8, 4) is 0 Å². The van der Waals surface area contributed by atoms with Crippen LogP contribution in [0, 0.1) is 0 Å². The van der Waals surface area contributed by atoms with Crippen molar-refractivity contribution in [1.82, 2.24) is 0 Å². The highest BCUT2D eigenvalue weighted by Crippen LogP contribution is 2.44. The number of ether oxygens (including phenoxy) is 2. The number of amides is 2. The van der Waals surface area contributed by atoms with E-state index in [4.69, 9.17) is 15.2 Å². The number of nitrogens with two attached hydrogens (primary N) is 1. The zero-order valence-corrected chi connectivity index (χ0v) is 18.7. The highest BCUT2D eigenvalue weighted by molar-refractivity contribution is 6.01. The Hall–Kier alpha value is -2.12. The van der Waals surface area contributed by atoms with Crippen LogP contribution < -0.4 is 15.5 Å².